The number of rotatable bonds is 3. The third-order valence-corrected chi connectivity index (χ3v) is 3.52. The fourth-order valence-electron chi connectivity index (χ4n) is 2.64. The van der Waals surface area contributed by atoms with Crippen LogP contribution in [0.25, 0.3) is 0 Å². The van der Waals surface area contributed by atoms with Gasteiger partial charge in [0.25, 0.3) is 0 Å². The van der Waals surface area contributed by atoms with Crippen molar-refractivity contribution in [2.75, 3.05) is 18.6 Å². The van der Waals surface area contributed by atoms with Crippen molar-refractivity contribution >= 4 is 17.6 Å². The van der Waals surface area contributed by atoms with Gasteiger partial charge < -0.3 is 9.64 Å². The number of anilines is 1. The third kappa shape index (κ3) is 2.72. The van der Waals surface area contributed by atoms with Crippen LogP contribution < -0.4 is 4.90 Å². The second kappa shape index (κ2) is 5.05. The van der Waals surface area contributed by atoms with Gasteiger partial charge in [0.05, 0.1) is 6.42 Å². The predicted molar refractivity (Wildman–Crippen MR) is 68.8 cm³/mol. The van der Waals surface area contributed by atoms with Gasteiger partial charge in [-0.3, -0.25) is 9.59 Å². The lowest BCUT2D eigenvalue weighted by Gasteiger charge is -2.28. The van der Waals surface area contributed by atoms with Gasteiger partial charge in [0, 0.05) is 19.7 Å². The second-order valence-corrected chi connectivity index (χ2v) is 5.04. The van der Waals surface area contributed by atoms with Gasteiger partial charge in [0.1, 0.15) is 12.0 Å². The predicted octanol–water partition coefficient (Wildman–Crippen LogP) is 2.42. The summed E-state index contributed by atoms with van der Waals surface area (Å²) in [4.78, 5) is 24.6. The summed E-state index contributed by atoms with van der Waals surface area (Å²) in [5, 5.41) is 0. The molecule has 0 aliphatic carbocycles. The summed E-state index contributed by atoms with van der Waals surface area (Å²) >= 11 is 0. The van der Waals surface area contributed by atoms with Crippen LogP contribution in [0.1, 0.15) is 18.9 Å². The Morgan fingerprint density at radius 2 is 1.95 bits per heavy atom. The summed E-state index contributed by atoms with van der Waals surface area (Å²) in [6, 6.07) is 6.23. The first kappa shape index (κ1) is 15.3. The lowest BCUT2D eigenvalue weighted by atomic mass is 9.79. The monoisotopic (exact) mass is 301 g/mol. The third-order valence-electron chi connectivity index (χ3n) is 3.52. The van der Waals surface area contributed by atoms with Gasteiger partial charge in [-0.15, -0.1) is 0 Å². The van der Waals surface area contributed by atoms with Crippen LogP contribution in [-0.2, 0) is 19.7 Å². The minimum Gasteiger partial charge on any atom is -0.464 e. The Kier molecular flexibility index (Phi) is 3.69. The Bertz CT molecular complexity index is 585. The van der Waals surface area contributed by atoms with Crippen LogP contribution in [0.3, 0.4) is 0 Å². The van der Waals surface area contributed by atoms with Gasteiger partial charge in [-0.25, -0.2) is 0 Å². The maximum Gasteiger partial charge on any atom is 0.390 e. The van der Waals surface area contributed by atoms with Crippen LogP contribution >= 0.6 is 0 Å². The van der Waals surface area contributed by atoms with E-state index in [1.165, 1.54) is 18.0 Å². The summed E-state index contributed by atoms with van der Waals surface area (Å²) in [6.45, 7) is 0.471. The first-order valence-corrected chi connectivity index (χ1v) is 6.25. The number of benzene rings is 1. The van der Waals surface area contributed by atoms with E-state index in [-0.39, 0.29) is 5.56 Å². The van der Waals surface area contributed by atoms with Crippen molar-refractivity contribution in [1.29, 1.82) is 0 Å². The number of ether oxygens (including phenoxy) is 1. The number of amides is 1. The topological polar surface area (TPSA) is 46.6 Å². The zero-order valence-corrected chi connectivity index (χ0v) is 11.5. The van der Waals surface area contributed by atoms with Crippen LogP contribution in [0.4, 0.5) is 18.9 Å². The second-order valence-electron chi connectivity index (χ2n) is 5.04. The summed E-state index contributed by atoms with van der Waals surface area (Å²) < 4.78 is 43.6. The number of alkyl halides is 3. The van der Waals surface area contributed by atoms with Crippen molar-refractivity contribution < 1.29 is 27.5 Å². The molecule has 0 N–H and O–H groups in total. The summed E-state index contributed by atoms with van der Waals surface area (Å²) in [5.74, 6) is -1.45. The van der Waals surface area contributed by atoms with E-state index in [0.29, 0.717) is 5.69 Å². The fraction of sp³-hybridized carbons (Fsp3) is 0.429. The maximum atomic E-state index is 13.0. The first-order chi connectivity index (χ1) is 9.67. The van der Waals surface area contributed by atoms with Gasteiger partial charge in [-0.2, -0.15) is 13.2 Å². The highest BCUT2D eigenvalue weighted by molar-refractivity contribution is 6.08. The van der Waals surface area contributed by atoms with Gasteiger partial charge in [0.15, 0.2) is 0 Å². The molecule has 0 radical (unpaired) electrons. The molecule has 0 spiro atoms. The number of para-hydroxylation sites is 1. The number of carbonyl (C=O) groups excluding carboxylic acids is 2. The molecule has 2 rings (SSSR count). The lowest BCUT2D eigenvalue weighted by molar-refractivity contribution is -0.166. The Morgan fingerprint density at radius 1 is 1.33 bits per heavy atom. The quantitative estimate of drug-likeness (QED) is 0.806. The molecule has 1 atom stereocenters. The Morgan fingerprint density at radius 3 is 2.52 bits per heavy atom. The van der Waals surface area contributed by atoms with E-state index in [2.05, 4.69) is 0 Å². The molecule has 1 aliphatic heterocycles. The molecule has 1 aromatic rings. The average Bonchev–Trinajstić information content (AvgIpc) is 2.58. The van der Waals surface area contributed by atoms with E-state index in [0.717, 1.165) is 6.92 Å². The van der Waals surface area contributed by atoms with Crippen LogP contribution in [0.2, 0.25) is 0 Å². The van der Waals surface area contributed by atoms with E-state index < -0.39 is 36.5 Å². The normalized spacial score (nSPS) is 21.4. The van der Waals surface area contributed by atoms with Crippen molar-refractivity contribution in [1.82, 2.24) is 0 Å². The molecule has 0 unspecified atom stereocenters. The number of hydrogen-bond acceptors (Lipinski definition) is 3. The molecule has 21 heavy (non-hydrogen) atoms. The van der Waals surface area contributed by atoms with Crippen LogP contribution in [0.5, 0.6) is 0 Å². The van der Waals surface area contributed by atoms with Crippen LogP contribution in [0.15, 0.2) is 24.3 Å². The molecule has 1 heterocycles. The molecule has 114 valence electrons. The molecule has 1 aliphatic rings. The Labute approximate surface area is 119 Å². The van der Waals surface area contributed by atoms with Crippen LogP contribution in [-0.4, -0.2) is 31.7 Å². The number of fused-ring (bicyclic) bond motifs is 1. The van der Waals surface area contributed by atoms with Gasteiger partial charge in [-0.05, 0) is 11.6 Å². The largest absolute Gasteiger partial charge is 0.464 e. The minimum atomic E-state index is -4.56. The van der Waals surface area contributed by atoms with Crippen molar-refractivity contribution in [3.63, 3.8) is 0 Å². The molecule has 7 heteroatoms. The van der Waals surface area contributed by atoms with Gasteiger partial charge in [-0.1, -0.05) is 18.2 Å². The molecule has 0 saturated heterocycles. The van der Waals surface area contributed by atoms with Crippen molar-refractivity contribution in [2.24, 2.45) is 0 Å². The minimum absolute atomic E-state index is 0.232. The van der Waals surface area contributed by atoms with E-state index >= 15 is 0 Å². The maximum absolute atomic E-state index is 13.0. The number of likely N-dealkylation sites (N-methyl/N-ethyl adjacent to an activating group) is 1. The summed E-state index contributed by atoms with van der Waals surface area (Å²) in [6.07, 6.45) is -5.93. The standard InChI is InChI=1S/C14H14F3NO3/c1-9(19)21-8-13(7-14(15,16)17)10-5-3-4-6-11(10)18(2)12(13)20/h3-6H,7-8H2,1-2H3/t13-/m1/s1. The zero-order chi connectivity index (χ0) is 15.8. The fourth-order valence-corrected chi connectivity index (χ4v) is 2.64. The van der Waals surface area contributed by atoms with Crippen molar-refractivity contribution in [3.8, 4) is 0 Å². The summed E-state index contributed by atoms with van der Waals surface area (Å²) in [7, 11) is 1.41. The Balaban J connectivity index is 2.53. The van der Waals surface area contributed by atoms with Gasteiger partial charge >= 0.3 is 12.1 Å². The van der Waals surface area contributed by atoms with Gasteiger partial charge in [0.2, 0.25) is 5.91 Å². The number of halogens is 3. The molecule has 0 bridgehead atoms. The first-order valence-electron chi connectivity index (χ1n) is 6.25. The van der Waals surface area contributed by atoms with E-state index in [1.54, 1.807) is 18.2 Å². The highest BCUT2D eigenvalue weighted by Crippen LogP contribution is 2.47. The van der Waals surface area contributed by atoms with Crippen molar-refractivity contribution in [3.05, 3.63) is 29.8 Å². The van der Waals surface area contributed by atoms with E-state index in [9.17, 15) is 22.8 Å². The van der Waals surface area contributed by atoms with E-state index in [1.807, 2.05) is 0 Å². The SMILES string of the molecule is CC(=O)OC[C@@]1(CC(F)(F)F)C(=O)N(C)c2ccccc21. The lowest BCUT2D eigenvalue weighted by Crippen LogP contribution is -2.45. The molecular formula is C14H14F3NO3. The van der Waals surface area contributed by atoms with Crippen LogP contribution in [0, 0.1) is 0 Å². The molecule has 0 aromatic heterocycles. The summed E-state index contributed by atoms with van der Waals surface area (Å²) in [5.41, 5.74) is -1.27. The average molecular weight is 301 g/mol. The smallest absolute Gasteiger partial charge is 0.390 e. The zero-order valence-electron chi connectivity index (χ0n) is 11.5. The molecular weight excluding hydrogens is 287 g/mol. The highest BCUT2D eigenvalue weighted by atomic mass is 19.4. The Hall–Kier alpha value is -2.05. The van der Waals surface area contributed by atoms with E-state index in [4.69, 9.17) is 4.74 Å². The molecule has 0 fully saturated rings. The number of esters is 1. The molecule has 1 amide bonds. The molecule has 1 aromatic carbocycles. The number of hydrogen-bond donors (Lipinski definition) is 0. The molecule has 0 saturated carbocycles. The number of nitrogens with zero attached hydrogens (tertiary/aromatic N) is 1. The van der Waals surface area contributed by atoms with Crippen molar-refractivity contribution in [2.45, 2.75) is 24.9 Å². The number of carbonyl (C=O) groups is 2. The molecule has 4 nitrogen and oxygen atoms in total. The highest BCUT2D eigenvalue weighted by Gasteiger charge is 2.56.